The molecule has 0 spiro atoms. The lowest BCUT2D eigenvalue weighted by atomic mass is 10.2. The predicted octanol–water partition coefficient (Wildman–Crippen LogP) is 1.48. The van der Waals surface area contributed by atoms with E-state index in [-0.39, 0.29) is 5.91 Å². The molecule has 106 valence electrons. The molecule has 0 saturated heterocycles. The first-order valence-electron chi connectivity index (χ1n) is 6.36. The van der Waals surface area contributed by atoms with E-state index < -0.39 is 0 Å². The fourth-order valence-corrected chi connectivity index (χ4v) is 1.69. The second kappa shape index (κ2) is 7.76. The number of rotatable bonds is 7. The zero-order chi connectivity index (χ0) is 14.3. The molecule has 0 fully saturated rings. The summed E-state index contributed by atoms with van der Waals surface area (Å²) in [4.78, 5) is 13.9. The maximum atomic E-state index is 11.8. The first-order chi connectivity index (χ1) is 9.02. The van der Waals surface area contributed by atoms with Crippen molar-refractivity contribution in [2.24, 2.45) is 0 Å². The number of methoxy groups -OCH3 is 1. The van der Waals surface area contributed by atoms with Crippen LogP contribution in [0.3, 0.4) is 0 Å². The van der Waals surface area contributed by atoms with Crippen molar-refractivity contribution in [2.45, 2.75) is 13.3 Å². The van der Waals surface area contributed by atoms with E-state index in [0.717, 1.165) is 17.8 Å². The summed E-state index contributed by atoms with van der Waals surface area (Å²) in [5, 5.41) is 2.90. The fourth-order valence-electron chi connectivity index (χ4n) is 1.69. The van der Waals surface area contributed by atoms with Gasteiger partial charge in [0, 0.05) is 38.0 Å². The Bertz CT molecular complexity index is 421. The van der Waals surface area contributed by atoms with Gasteiger partial charge in [-0.25, -0.2) is 0 Å². The highest BCUT2D eigenvalue weighted by Crippen LogP contribution is 2.17. The van der Waals surface area contributed by atoms with Crippen LogP contribution < -0.4 is 11.1 Å². The maximum Gasteiger partial charge on any atom is 0.225 e. The van der Waals surface area contributed by atoms with Crippen LogP contribution >= 0.6 is 0 Å². The van der Waals surface area contributed by atoms with Crippen molar-refractivity contribution in [1.29, 1.82) is 0 Å². The van der Waals surface area contributed by atoms with Gasteiger partial charge in [0.15, 0.2) is 0 Å². The van der Waals surface area contributed by atoms with Gasteiger partial charge in [-0.05, 0) is 37.7 Å². The van der Waals surface area contributed by atoms with Crippen LogP contribution in [-0.4, -0.2) is 44.7 Å². The number of carbonyl (C=O) groups excluding carboxylic acids is 1. The normalized spacial score (nSPS) is 10.7. The zero-order valence-electron chi connectivity index (χ0n) is 11.9. The number of hydrogen-bond donors (Lipinski definition) is 2. The highest BCUT2D eigenvalue weighted by atomic mass is 16.5. The Morgan fingerprint density at radius 2 is 2.16 bits per heavy atom. The standard InChI is InChI=1S/C14H23N3O2/c1-11-10-12(15)4-5-13(11)16-14(18)6-7-17(2)8-9-19-3/h4-5,10H,6-9,15H2,1-3H3,(H,16,18). The number of anilines is 2. The third-order valence-corrected chi connectivity index (χ3v) is 2.92. The number of ether oxygens (including phenoxy) is 1. The smallest absolute Gasteiger partial charge is 0.225 e. The average Bonchev–Trinajstić information content (AvgIpc) is 2.37. The number of benzene rings is 1. The molecule has 5 heteroatoms. The molecule has 5 nitrogen and oxygen atoms in total. The quantitative estimate of drug-likeness (QED) is 0.733. The minimum absolute atomic E-state index is 0.0112. The van der Waals surface area contributed by atoms with E-state index in [0.29, 0.717) is 25.3 Å². The van der Waals surface area contributed by atoms with E-state index in [1.165, 1.54) is 0 Å². The molecule has 1 aromatic rings. The van der Waals surface area contributed by atoms with Crippen LogP contribution in [0.2, 0.25) is 0 Å². The molecule has 1 amide bonds. The highest BCUT2D eigenvalue weighted by Gasteiger charge is 2.06. The lowest BCUT2D eigenvalue weighted by Gasteiger charge is -2.16. The summed E-state index contributed by atoms with van der Waals surface area (Å²) in [7, 11) is 3.64. The Morgan fingerprint density at radius 3 is 2.79 bits per heavy atom. The summed E-state index contributed by atoms with van der Waals surface area (Å²) in [5.41, 5.74) is 8.17. The average molecular weight is 265 g/mol. The lowest BCUT2D eigenvalue weighted by Crippen LogP contribution is -2.27. The molecule has 0 aliphatic heterocycles. The SMILES string of the molecule is COCCN(C)CCC(=O)Nc1ccc(N)cc1C. The van der Waals surface area contributed by atoms with Crippen molar-refractivity contribution in [2.75, 3.05) is 44.9 Å². The first kappa shape index (κ1) is 15.5. The first-order valence-corrected chi connectivity index (χ1v) is 6.36. The van der Waals surface area contributed by atoms with Gasteiger partial charge in [0.2, 0.25) is 5.91 Å². The molecule has 0 radical (unpaired) electrons. The number of likely N-dealkylation sites (N-methyl/N-ethyl adjacent to an activating group) is 1. The zero-order valence-corrected chi connectivity index (χ0v) is 11.9. The Kier molecular flexibility index (Phi) is 6.32. The second-order valence-corrected chi connectivity index (χ2v) is 4.67. The van der Waals surface area contributed by atoms with E-state index in [1.54, 1.807) is 13.2 Å². The summed E-state index contributed by atoms with van der Waals surface area (Å²) in [6, 6.07) is 5.46. The monoisotopic (exact) mass is 265 g/mol. The molecule has 3 N–H and O–H groups in total. The maximum absolute atomic E-state index is 11.8. The van der Waals surface area contributed by atoms with Gasteiger partial charge in [-0.3, -0.25) is 4.79 Å². The highest BCUT2D eigenvalue weighted by molar-refractivity contribution is 5.91. The van der Waals surface area contributed by atoms with Crippen LogP contribution in [0.5, 0.6) is 0 Å². The van der Waals surface area contributed by atoms with Crippen LogP contribution in [0.4, 0.5) is 11.4 Å². The Labute approximate surface area is 114 Å². The number of hydrogen-bond acceptors (Lipinski definition) is 4. The summed E-state index contributed by atoms with van der Waals surface area (Å²) in [6.07, 6.45) is 0.462. The fraction of sp³-hybridized carbons (Fsp3) is 0.500. The van der Waals surface area contributed by atoms with E-state index in [9.17, 15) is 4.79 Å². The number of carbonyl (C=O) groups is 1. The van der Waals surface area contributed by atoms with Gasteiger partial charge < -0.3 is 20.7 Å². The molecule has 0 heterocycles. The number of nitrogens with one attached hydrogen (secondary N) is 1. The van der Waals surface area contributed by atoms with Crippen molar-refractivity contribution in [3.8, 4) is 0 Å². The van der Waals surface area contributed by atoms with Crippen LogP contribution in [0.1, 0.15) is 12.0 Å². The molecule has 0 atom stereocenters. The summed E-state index contributed by atoms with van der Waals surface area (Å²) in [6.45, 7) is 4.14. The molecule has 0 unspecified atom stereocenters. The number of nitrogen functional groups attached to an aromatic ring is 1. The Balaban J connectivity index is 2.38. The summed E-state index contributed by atoms with van der Waals surface area (Å²) < 4.78 is 4.99. The van der Waals surface area contributed by atoms with Crippen molar-refractivity contribution < 1.29 is 9.53 Å². The minimum Gasteiger partial charge on any atom is -0.399 e. The molecule has 0 saturated carbocycles. The number of amides is 1. The third-order valence-electron chi connectivity index (χ3n) is 2.92. The van der Waals surface area contributed by atoms with Crippen LogP contribution in [0, 0.1) is 6.92 Å². The predicted molar refractivity (Wildman–Crippen MR) is 78.2 cm³/mol. The topological polar surface area (TPSA) is 67.6 Å². The minimum atomic E-state index is 0.0112. The van der Waals surface area contributed by atoms with E-state index in [4.69, 9.17) is 10.5 Å². The van der Waals surface area contributed by atoms with Crippen molar-refractivity contribution in [3.63, 3.8) is 0 Å². The van der Waals surface area contributed by atoms with Crippen molar-refractivity contribution >= 4 is 17.3 Å². The van der Waals surface area contributed by atoms with Gasteiger partial charge in [-0.15, -0.1) is 0 Å². The molecule has 0 aliphatic carbocycles. The van der Waals surface area contributed by atoms with Gasteiger partial charge in [0.1, 0.15) is 0 Å². The lowest BCUT2D eigenvalue weighted by molar-refractivity contribution is -0.116. The molecule has 0 aromatic heterocycles. The number of aryl methyl sites for hydroxylation is 1. The summed E-state index contributed by atoms with van der Waals surface area (Å²) >= 11 is 0. The summed E-state index contributed by atoms with van der Waals surface area (Å²) in [5.74, 6) is 0.0112. The van der Waals surface area contributed by atoms with Crippen molar-refractivity contribution in [3.05, 3.63) is 23.8 Å². The van der Waals surface area contributed by atoms with E-state index >= 15 is 0 Å². The molecule has 1 aromatic carbocycles. The number of nitrogens with zero attached hydrogens (tertiary/aromatic N) is 1. The Hall–Kier alpha value is -1.59. The molecular weight excluding hydrogens is 242 g/mol. The van der Waals surface area contributed by atoms with Gasteiger partial charge in [0.25, 0.3) is 0 Å². The van der Waals surface area contributed by atoms with Gasteiger partial charge in [0.05, 0.1) is 6.61 Å². The van der Waals surface area contributed by atoms with Gasteiger partial charge in [-0.1, -0.05) is 0 Å². The second-order valence-electron chi connectivity index (χ2n) is 4.67. The van der Waals surface area contributed by atoms with E-state index in [1.807, 2.05) is 26.1 Å². The molecule has 1 rings (SSSR count). The number of nitrogens with two attached hydrogens (primary N) is 1. The van der Waals surface area contributed by atoms with Crippen molar-refractivity contribution in [1.82, 2.24) is 4.90 Å². The molecule has 0 aliphatic rings. The van der Waals surface area contributed by atoms with E-state index in [2.05, 4.69) is 10.2 Å². The molecular formula is C14H23N3O2. The Morgan fingerprint density at radius 1 is 1.42 bits per heavy atom. The van der Waals surface area contributed by atoms with Crippen LogP contribution in [-0.2, 0) is 9.53 Å². The van der Waals surface area contributed by atoms with Crippen LogP contribution in [0.15, 0.2) is 18.2 Å². The largest absolute Gasteiger partial charge is 0.399 e. The van der Waals surface area contributed by atoms with Gasteiger partial charge in [-0.2, -0.15) is 0 Å². The van der Waals surface area contributed by atoms with Gasteiger partial charge >= 0.3 is 0 Å². The molecule has 19 heavy (non-hydrogen) atoms. The molecule has 0 bridgehead atoms. The van der Waals surface area contributed by atoms with Crippen LogP contribution in [0.25, 0.3) is 0 Å². The third kappa shape index (κ3) is 5.72.